The number of benzene rings is 4. The van der Waals surface area contributed by atoms with Gasteiger partial charge in [0.1, 0.15) is 17.2 Å². The van der Waals surface area contributed by atoms with E-state index < -0.39 is 40.6 Å². The van der Waals surface area contributed by atoms with E-state index in [0.717, 1.165) is 25.7 Å². The molecule has 2 aliphatic carbocycles. The maximum Gasteiger partial charge on any atom is 0.407 e. The van der Waals surface area contributed by atoms with E-state index in [1.807, 2.05) is 24.3 Å². The number of hydrogen-bond acceptors (Lipinski definition) is 8. The van der Waals surface area contributed by atoms with Gasteiger partial charge in [-0.1, -0.05) is 49.2 Å². The topological polar surface area (TPSA) is 168 Å². The molecule has 0 spiro atoms. The van der Waals surface area contributed by atoms with Crippen molar-refractivity contribution in [2.24, 2.45) is 17.8 Å². The van der Waals surface area contributed by atoms with Crippen molar-refractivity contribution in [1.29, 1.82) is 0 Å². The highest BCUT2D eigenvalue weighted by molar-refractivity contribution is 6.01. The summed E-state index contributed by atoms with van der Waals surface area (Å²) in [7, 11) is 0. The van der Waals surface area contributed by atoms with Crippen LogP contribution >= 0.6 is 0 Å². The first-order valence-corrected chi connectivity index (χ1v) is 25.5. The summed E-state index contributed by atoms with van der Waals surface area (Å²) in [6, 6.07) is 26.8. The van der Waals surface area contributed by atoms with Gasteiger partial charge in [-0.25, -0.2) is 32.3 Å². The van der Waals surface area contributed by atoms with Crippen LogP contribution in [0, 0.1) is 52.9 Å². The quantitative estimate of drug-likeness (QED) is 0.0186. The number of hydrogen-bond donors (Lipinski definition) is 7. The Morgan fingerprint density at radius 2 is 0.987 bits per heavy atom. The van der Waals surface area contributed by atoms with E-state index in [2.05, 4.69) is 32.4 Å². The Kier molecular flexibility index (Phi) is 13.8. The van der Waals surface area contributed by atoms with Crippen molar-refractivity contribution in [3.8, 4) is 73.6 Å². The van der Waals surface area contributed by atoms with Crippen LogP contribution in [0.3, 0.4) is 0 Å². The molecule has 7 aromatic rings. The molecule has 7 N–H and O–H groups in total. The summed E-state index contributed by atoms with van der Waals surface area (Å²) in [5, 5.41) is 37.9. The van der Waals surface area contributed by atoms with Crippen LogP contribution < -0.4 is 10.6 Å². The molecule has 11 nitrogen and oxygen atoms in total. The minimum absolute atomic E-state index is 0.0315. The van der Waals surface area contributed by atoms with Gasteiger partial charge in [-0.3, -0.25) is 0 Å². The zero-order chi connectivity index (χ0) is 52.5. The van der Waals surface area contributed by atoms with Gasteiger partial charge in [0.2, 0.25) is 0 Å². The molecule has 2 unspecified atom stereocenters. The number of anilines is 1. The summed E-state index contributed by atoms with van der Waals surface area (Å²) in [4.78, 5) is 29.6. The molecule has 2 aliphatic heterocycles. The third-order valence-corrected chi connectivity index (χ3v) is 14.6. The summed E-state index contributed by atoms with van der Waals surface area (Å²) >= 11 is 0. The average Bonchev–Trinajstić information content (AvgIpc) is 4.12. The molecule has 11 rings (SSSR count). The highest BCUT2D eigenvalue weighted by Crippen LogP contribution is 2.52. The van der Waals surface area contributed by atoms with Gasteiger partial charge in [0, 0.05) is 70.3 Å². The van der Waals surface area contributed by atoms with Gasteiger partial charge < -0.3 is 40.7 Å². The molecule has 5 heterocycles. The van der Waals surface area contributed by atoms with Crippen molar-refractivity contribution in [1.82, 2.24) is 25.3 Å². The summed E-state index contributed by atoms with van der Waals surface area (Å²) in [5.41, 5.74) is 5.09. The Bertz CT molecular complexity index is 3680. The average molecular weight is 1030 g/mol. The lowest BCUT2D eigenvalue weighted by molar-refractivity contribution is 0.137. The van der Waals surface area contributed by atoms with Crippen LogP contribution in [0.25, 0.3) is 90.9 Å². The minimum atomic E-state index is -2.01. The number of aromatic amines is 2. The zero-order valence-electron chi connectivity index (χ0n) is 41.1. The number of carbonyl (C=O) groups excluding carboxylic acids is 1. The molecule has 1 amide bonds. The number of rotatable bonds is 14. The molecule has 3 aromatic heterocycles. The van der Waals surface area contributed by atoms with Gasteiger partial charge >= 0.3 is 6.09 Å². The Labute approximate surface area is 435 Å². The first kappa shape index (κ1) is 49.4. The van der Waals surface area contributed by atoms with Crippen molar-refractivity contribution < 1.29 is 42.4 Å². The largest absolute Gasteiger partial charge is 0.508 e. The van der Waals surface area contributed by atoms with Crippen LogP contribution in [-0.4, -0.2) is 61.0 Å². The van der Waals surface area contributed by atoms with Crippen molar-refractivity contribution in [3.05, 3.63) is 143 Å². The summed E-state index contributed by atoms with van der Waals surface area (Å²) in [5.74, 6) is 0.615. The lowest BCUT2D eigenvalue weighted by Crippen LogP contribution is -2.26. The lowest BCUT2D eigenvalue weighted by atomic mass is 9.99. The van der Waals surface area contributed by atoms with Gasteiger partial charge in [-0.2, -0.15) is 0 Å². The number of aromatic hydroxyl groups is 3. The van der Waals surface area contributed by atoms with E-state index in [1.165, 1.54) is 12.1 Å². The number of nitrogens with zero attached hydrogens (tertiary/aromatic N) is 2. The fraction of sp³-hybridized carbons (Fsp3) is 0.230. The molecule has 8 bridgehead atoms. The molecule has 384 valence electrons. The molecule has 76 heavy (non-hydrogen) atoms. The van der Waals surface area contributed by atoms with E-state index in [9.17, 15) is 20.1 Å². The van der Waals surface area contributed by atoms with E-state index in [4.69, 9.17) is 14.7 Å². The van der Waals surface area contributed by atoms with Crippen molar-refractivity contribution in [2.75, 3.05) is 25.0 Å². The predicted octanol–water partition coefficient (Wildman–Crippen LogP) is 14.1. The molecule has 1 fully saturated rings. The molecule has 1 saturated carbocycles. The molecule has 0 saturated heterocycles. The number of unbranched alkanes of at least 4 members (excludes halogenated alkanes) is 3. The molecule has 4 aromatic carbocycles. The monoisotopic (exact) mass is 1020 g/mol. The van der Waals surface area contributed by atoms with Gasteiger partial charge in [0.15, 0.2) is 23.3 Å². The predicted molar refractivity (Wildman–Crippen MR) is 288 cm³/mol. The second-order valence-electron chi connectivity index (χ2n) is 19.4. The van der Waals surface area contributed by atoms with Crippen LogP contribution in [0.4, 0.5) is 28.0 Å². The van der Waals surface area contributed by atoms with Gasteiger partial charge in [-0.05, 0) is 145 Å². The van der Waals surface area contributed by atoms with Gasteiger partial charge in [0.25, 0.3) is 0 Å². The Morgan fingerprint density at radius 1 is 0.553 bits per heavy atom. The van der Waals surface area contributed by atoms with Crippen LogP contribution in [0.5, 0.6) is 17.2 Å². The Hall–Kier alpha value is -8.77. The number of halogens is 4. The first-order chi connectivity index (χ1) is 37.0. The zero-order valence-corrected chi connectivity index (χ0v) is 41.1. The number of H-pyrrole nitrogens is 2. The van der Waals surface area contributed by atoms with Gasteiger partial charge in [0.05, 0.1) is 40.6 Å². The molecule has 2 atom stereocenters. The Balaban J connectivity index is 0.988. The maximum absolute atomic E-state index is 16.9. The highest BCUT2D eigenvalue weighted by atomic mass is 19.2. The van der Waals surface area contributed by atoms with Gasteiger partial charge in [-0.15, -0.1) is 11.8 Å². The molecule has 4 aliphatic rings. The third kappa shape index (κ3) is 9.98. The number of ether oxygens (including phenoxy) is 1. The highest BCUT2D eigenvalue weighted by Gasteiger charge is 2.49. The minimum Gasteiger partial charge on any atom is -0.508 e. The second-order valence-corrected chi connectivity index (χ2v) is 19.4. The van der Waals surface area contributed by atoms with Crippen LogP contribution in [0.15, 0.2) is 97.1 Å². The molecular formula is C61H52F4N6O5. The van der Waals surface area contributed by atoms with Crippen molar-refractivity contribution in [2.45, 2.75) is 51.4 Å². The van der Waals surface area contributed by atoms with Crippen LogP contribution in [0.1, 0.15) is 74.1 Å². The molecule has 15 heteroatoms. The number of amides is 1. The van der Waals surface area contributed by atoms with E-state index in [1.54, 1.807) is 85.0 Å². The number of phenolic OH excluding ortho intramolecular Hbond substituents is 3. The second kappa shape index (κ2) is 21.2. The lowest BCUT2D eigenvalue weighted by Gasteiger charge is -2.17. The normalized spacial score (nSPS) is 16.3. The maximum atomic E-state index is 16.9. The van der Waals surface area contributed by atoms with Crippen LogP contribution in [0.2, 0.25) is 0 Å². The summed E-state index contributed by atoms with van der Waals surface area (Å²) < 4.78 is 70.2. The number of alkyl carbamates (subject to hydrolysis) is 1. The fourth-order valence-corrected chi connectivity index (χ4v) is 10.9. The smallest absolute Gasteiger partial charge is 0.407 e. The molecule has 0 radical (unpaired) electrons. The van der Waals surface area contributed by atoms with E-state index in [0.29, 0.717) is 124 Å². The van der Waals surface area contributed by atoms with Crippen LogP contribution in [-0.2, 0) is 4.74 Å². The summed E-state index contributed by atoms with van der Waals surface area (Å²) in [6.07, 6.45) is 12.6. The van der Waals surface area contributed by atoms with E-state index in [-0.39, 0.29) is 40.6 Å². The number of aromatic nitrogens is 4. The summed E-state index contributed by atoms with van der Waals surface area (Å²) in [6.45, 7) is 0.830. The molecular weight excluding hydrogens is 973 g/mol. The number of nitrogens with one attached hydrogen (secondary N) is 4. The number of fused-ring (bicyclic) bond motifs is 9. The van der Waals surface area contributed by atoms with E-state index >= 15 is 17.6 Å². The standard InChI is InChI=1S/C61H52F4N6O5/c62-56-55(60(59(65)58(64)57(56)63)66-28-7-3-4-8-29-67-61(75)76-33-42-40-18-5-1-2-6-19-41(40)42)54-49-26-24-47(70-49)52(35-13-10-16-38(73)31-35)45-22-20-43(68-45)51(34-12-9-15-37(72)30-34)44-21-23-46(69-44)53(48-25-27-50(54)71-48)36-14-11-17-39(74)32-36/h9-17,20-27,30-32,40-42,66,68,71-74H,3-8,18-19,28-29,33H2,(H,67,75). The fourth-order valence-electron chi connectivity index (χ4n) is 10.9. The van der Waals surface area contributed by atoms with Crippen molar-refractivity contribution in [3.63, 3.8) is 0 Å². The third-order valence-electron chi connectivity index (χ3n) is 14.6. The Morgan fingerprint density at radius 3 is 1.46 bits per heavy atom. The SMILES string of the molecule is O=C(NCCCCCCNc1c(F)c(F)c(F)c(F)c1-c1c2nc(c(-c3cccc(O)c3)c3ccc([nH]3)c(-c3cccc(O)c3)c3nc(c(-c4cccc(O)c4)c4ccc1[nH]4)C=C3)C=C2)OCC1C2CCC#CCCC21. The first-order valence-electron chi connectivity index (χ1n) is 25.5. The number of phenols is 3. The van der Waals surface area contributed by atoms with Crippen molar-refractivity contribution >= 4 is 58.2 Å². The number of carbonyl (C=O) groups is 1.